The molecular formula is C27H33N3O3. The highest BCUT2D eigenvalue weighted by Crippen LogP contribution is 2.29. The molecular weight excluding hydrogens is 414 g/mol. The quantitative estimate of drug-likeness (QED) is 0.580. The lowest BCUT2D eigenvalue weighted by Gasteiger charge is -2.33. The van der Waals surface area contributed by atoms with Gasteiger partial charge in [0, 0.05) is 43.5 Å². The van der Waals surface area contributed by atoms with Gasteiger partial charge in [-0.05, 0) is 49.1 Å². The van der Waals surface area contributed by atoms with Crippen molar-refractivity contribution in [3.8, 4) is 5.75 Å². The molecule has 1 fully saturated rings. The summed E-state index contributed by atoms with van der Waals surface area (Å²) in [5.41, 5.74) is 4.16. The number of anilines is 1. The minimum atomic E-state index is -0.353. The van der Waals surface area contributed by atoms with Crippen molar-refractivity contribution in [3.63, 3.8) is 0 Å². The first-order chi connectivity index (χ1) is 16.0. The van der Waals surface area contributed by atoms with Gasteiger partial charge in [-0.3, -0.25) is 4.79 Å². The van der Waals surface area contributed by atoms with Crippen molar-refractivity contribution < 1.29 is 14.6 Å². The van der Waals surface area contributed by atoms with E-state index in [1.165, 1.54) is 0 Å². The Labute approximate surface area is 195 Å². The number of fused-ring (bicyclic) bond motifs is 1. The van der Waals surface area contributed by atoms with E-state index in [9.17, 15) is 9.90 Å². The first kappa shape index (κ1) is 23.1. The number of β-amino-alcohol motifs (C(OH)–C–C–N with tert-alkyl or cyclic N) is 1. The fourth-order valence-electron chi connectivity index (χ4n) is 4.53. The topological polar surface area (TPSA) is 65.9 Å². The molecule has 1 atom stereocenters. The molecule has 0 radical (unpaired) electrons. The zero-order valence-corrected chi connectivity index (χ0v) is 19.8. The van der Waals surface area contributed by atoms with Crippen molar-refractivity contribution >= 4 is 22.6 Å². The van der Waals surface area contributed by atoms with Gasteiger partial charge in [-0.25, -0.2) is 4.98 Å². The van der Waals surface area contributed by atoms with Gasteiger partial charge in [0.05, 0.1) is 18.7 Å². The molecule has 6 heteroatoms. The summed E-state index contributed by atoms with van der Waals surface area (Å²) in [4.78, 5) is 22.1. The number of pyridine rings is 1. The Morgan fingerprint density at radius 1 is 1.21 bits per heavy atom. The van der Waals surface area contributed by atoms with Crippen LogP contribution in [0, 0.1) is 6.92 Å². The Balaban J connectivity index is 1.71. The summed E-state index contributed by atoms with van der Waals surface area (Å²) in [5.74, 6) is 1.77. The number of hydrogen-bond donors (Lipinski definition) is 1. The van der Waals surface area contributed by atoms with Crippen molar-refractivity contribution in [2.75, 3.05) is 25.1 Å². The average Bonchev–Trinajstić information content (AvgIpc) is 2.83. The van der Waals surface area contributed by atoms with Gasteiger partial charge in [-0.15, -0.1) is 0 Å². The second-order valence-corrected chi connectivity index (χ2v) is 8.81. The Kier molecular flexibility index (Phi) is 7.14. The second kappa shape index (κ2) is 10.2. The number of amides is 1. The average molecular weight is 448 g/mol. The largest absolute Gasteiger partial charge is 0.497 e. The summed E-state index contributed by atoms with van der Waals surface area (Å²) in [5, 5.41) is 11.4. The van der Waals surface area contributed by atoms with E-state index in [0.717, 1.165) is 58.5 Å². The highest BCUT2D eigenvalue weighted by molar-refractivity contribution is 5.85. The molecule has 1 aromatic heterocycles. The van der Waals surface area contributed by atoms with Crippen LogP contribution in [0.4, 0.5) is 5.82 Å². The summed E-state index contributed by atoms with van der Waals surface area (Å²) < 4.78 is 5.27. The number of para-hydroxylation sites is 1. The molecule has 4 rings (SSSR count). The number of carbonyl (C=O) groups excluding carboxylic acids is 1. The molecule has 0 aliphatic carbocycles. The molecule has 6 nitrogen and oxygen atoms in total. The van der Waals surface area contributed by atoms with Crippen LogP contribution in [0.3, 0.4) is 0 Å². The maximum atomic E-state index is 12.9. The third kappa shape index (κ3) is 5.28. The zero-order chi connectivity index (χ0) is 23.4. The van der Waals surface area contributed by atoms with E-state index in [1.807, 2.05) is 42.2 Å². The number of ether oxygens (including phenoxy) is 1. The third-order valence-corrected chi connectivity index (χ3v) is 6.35. The van der Waals surface area contributed by atoms with Crippen molar-refractivity contribution in [1.29, 1.82) is 0 Å². The molecule has 0 spiro atoms. The van der Waals surface area contributed by atoms with E-state index in [0.29, 0.717) is 26.1 Å². The van der Waals surface area contributed by atoms with Gasteiger partial charge in [0.25, 0.3) is 0 Å². The van der Waals surface area contributed by atoms with Gasteiger partial charge in [-0.2, -0.15) is 0 Å². The van der Waals surface area contributed by atoms with E-state index < -0.39 is 0 Å². The Morgan fingerprint density at radius 3 is 2.70 bits per heavy atom. The summed E-state index contributed by atoms with van der Waals surface area (Å²) in [6, 6.07) is 16.2. The van der Waals surface area contributed by atoms with Gasteiger partial charge in [-0.1, -0.05) is 37.3 Å². The highest BCUT2D eigenvalue weighted by atomic mass is 16.5. The number of nitrogens with zero attached hydrogens (tertiary/aromatic N) is 3. The second-order valence-electron chi connectivity index (χ2n) is 8.81. The molecule has 1 N–H and O–H groups in total. The monoisotopic (exact) mass is 447 g/mol. The van der Waals surface area contributed by atoms with Crippen LogP contribution in [0.2, 0.25) is 0 Å². The number of carbonyl (C=O) groups is 1. The van der Waals surface area contributed by atoms with Crippen molar-refractivity contribution in [1.82, 2.24) is 9.88 Å². The number of piperidine rings is 1. The standard InChI is InChI=1S/C27H33N3O3/c1-4-25(32)30(16-20-10-12-24(33-3)13-11-20)17-22-15-21-8-5-7-19(2)26(21)28-27(22)29-14-6-9-23(31)18-29/h5,7-8,10-13,15,23,31H,4,6,9,14,16-18H2,1-3H3/t23-/m1/s1. The van der Waals surface area contributed by atoms with Gasteiger partial charge in [0.15, 0.2) is 0 Å². The maximum Gasteiger partial charge on any atom is 0.222 e. The van der Waals surface area contributed by atoms with Crippen LogP contribution in [0.25, 0.3) is 10.9 Å². The normalized spacial score (nSPS) is 16.1. The van der Waals surface area contributed by atoms with Crippen LogP contribution >= 0.6 is 0 Å². The smallest absolute Gasteiger partial charge is 0.222 e. The van der Waals surface area contributed by atoms with E-state index >= 15 is 0 Å². The molecule has 1 aliphatic rings. The lowest BCUT2D eigenvalue weighted by molar-refractivity contribution is -0.132. The van der Waals surface area contributed by atoms with Crippen LogP contribution in [0.1, 0.15) is 42.9 Å². The zero-order valence-electron chi connectivity index (χ0n) is 19.8. The fourth-order valence-corrected chi connectivity index (χ4v) is 4.53. The first-order valence-corrected chi connectivity index (χ1v) is 11.7. The lowest BCUT2D eigenvalue weighted by atomic mass is 10.0. The molecule has 2 aromatic carbocycles. The van der Waals surface area contributed by atoms with E-state index in [1.54, 1.807) is 7.11 Å². The molecule has 1 aliphatic heterocycles. The minimum absolute atomic E-state index is 0.0970. The number of aliphatic hydroxyl groups excluding tert-OH is 1. The maximum absolute atomic E-state index is 12.9. The van der Waals surface area contributed by atoms with E-state index in [4.69, 9.17) is 9.72 Å². The molecule has 174 valence electrons. The predicted molar refractivity (Wildman–Crippen MR) is 131 cm³/mol. The van der Waals surface area contributed by atoms with Crippen molar-refractivity contribution in [2.45, 2.75) is 52.3 Å². The number of aromatic nitrogens is 1. The van der Waals surface area contributed by atoms with E-state index in [-0.39, 0.29) is 12.0 Å². The molecule has 3 aromatic rings. The molecule has 33 heavy (non-hydrogen) atoms. The van der Waals surface area contributed by atoms with Crippen molar-refractivity contribution in [3.05, 3.63) is 65.2 Å². The van der Waals surface area contributed by atoms with Crippen molar-refractivity contribution in [2.24, 2.45) is 0 Å². The van der Waals surface area contributed by atoms with E-state index in [2.05, 4.69) is 30.0 Å². The molecule has 0 saturated carbocycles. The number of aliphatic hydroxyl groups is 1. The summed E-state index contributed by atoms with van der Waals surface area (Å²) in [7, 11) is 1.65. The summed E-state index contributed by atoms with van der Waals surface area (Å²) >= 11 is 0. The number of rotatable bonds is 7. The highest BCUT2D eigenvalue weighted by Gasteiger charge is 2.24. The van der Waals surface area contributed by atoms with Gasteiger partial charge >= 0.3 is 0 Å². The number of benzene rings is 2. The van der Waals surface area contributed by atoms with Crippen LogP contribution in [-0.4, -0.2) is 47.2 Å². The lowest BCUT2D eigenvalue weighted by Crippen LogP contribution is -2.40. The first-order valence-electron chi connectivity index (χ1n) is 11.7. The summed E-state index contributed by atoms with van der Waals surface area (Å²) in [6.07, 6.45) is 1.83. The van der Waals surface area contributed by atoms with Crippen LogP contribution in [0.5, 0.6) is 5.75 Å². The Hall–Kier alpha value is -3.12. The Morgan fingerprint density at radius 2 is 2.00 bits per heavy atom. The Bertz CT molecular complexity index is 1110. The molecule has 1 amide bonds. The minimum Gasteiger partial charge on any atom is -0.497 e. The molecule has 1 saturated heterocycles. The summed E-state index contributed by atoms with van der Waals surface area (Å²) in [6.45, 7) is 6.38. The number of methoxy groups -OCH3 is 1. The molecule has 0 bridgehead atoms. The van der Waals surface area contributed by atoms with Crippen LogP contribution < -0.4 is 9.64 Å². The number of hydrogen-bond acceptors (Lipinski definition) is 5. The number of aryl methyl sites for hydroxylation is 1. The third-order valence-electron chi connectivity index (χ3n) is 6.35. The van der Waals surface area contributed by atoms with Gasteiger partial charge in [0.2, 0.25) is 5.91 Å². The van der Waals surface area contributed by atoms with Crippen LogP contribution in [0.15, 0.2) is 48.5 Å². The van der Waals surface area contributed by atoms with Gasteiger partial charge in [0.1, 0.15) is 11.6 Å². The fraction of sp³-hybridized carbons (Fsp3) is 0.407. The molecule has 0 unspecified atom stereocenters. The SMILES string of the molecule is CCC(=O)N(Cc1ccc(OC)cc1)Cc1cc2cccc(C)c2nc1N1CCC[C@@H](O)C1. The van der Waals surface area contributed by atoms with Crippen LogP contribution in [-0.2, 0) is 17.9 Å². The predicted octanol–water partition coefficient (Wildman–Crippen LogP) is 4.45. The van der Waals surface area contributed by atoms with Gasteiger partial charge < -0.3 is 19.6 Å². The molecule has 2 heterocycles.